The zero-order valence-electron chi connectivity index (χ0n) is 22.5. The van der Waals surface area contributed by atoms with E-state index >= 15 is 0 Å². The Kier molecular flexibility index (Phi) is 7.53. The van der Waals surface area contributed by atoms with Crippen LogP contribution in [0.1, 0.15) is 66.4 Å². The molecule has 0 N–H and O–H groups in total. The molecule has 2 aliphatic heterocycles. The van der Waals surface area contributed by atoms with Gasteiger partial charge in [0.1, 0.15) is 0 Å². The summed E-state index contributed by atoms with van der Waals surface area (Å²) in [5, 5.41) is 0.519. The third-order valence-electron chi connectivity index (χ3n) is 9.26. The molecule has 3 fully saturated rings. The Morgan fingerprint density at radius 2 is 1.54 bits per heavy atom. The second kappa shape index (κ2) is 10.7. The summed E-state index contributed by atoms with van der Waals surface area (Å²) in [4.78, 5) is 32.2. The molecule has 2 aromatic carbocycles. The first-order valence-corrected chi connectivity index (χ1v) is 14.3. The first kappa shape index (κ1) is 26.1. The zero-order chi connectivity index (χ0) is 26.2. The number of amides is 2. The van der Waals surface area contributed by atoms with Gasteiger partial charge in [-0.3, -0.25) is 9.59 Å². The van der Waals surface area contributed by atoms with Crippen molar-refractivity contribution in [1.29, 1.82) is 0 Å². The van der Waals surface area contributed by atoms with Crippen LogP contribution in [0.2, 0.25) is 5.02 Å². The van der Waals surface area contributed by atoms with Crippen LogP contribution in [-0.2, 0) is 10.2 Å². The predicted octanol–water partition coefficient (Wildman–Crippen LogP) is 5.93. The second-order valence-corrected chi connectivity index (χ2v) is 12.0. The number of hydrogen-bond acceptors (Lipinski definition) is 3. The van der Waals surface area contributed by atoms with E-state index in [1.165, 1.54) is 24.0 Å². The lowest BCUT2D eigenvalue weighted by atomic mass is 9.62. The summed E-state index contributed by atoms with van der Waals surface area (Å²) < 4.78 is 0. The fraction of sp³-hybridized carbons (Fsp3) is 0.548. The highest BCUT2D eigenvalue weighted by Crippen LogP contribution is 2.47. The molecule has 2 aromatic rings. The number of nitrogens with zero attached hydrogens (tertiary/aromatic N) is 3. The van der Waals surface area contributed by atoms with Crippen LogP contribution in [0.25, 0.3) is 0 Å². The van der Waals surface area contributed by atoms with Gasteiger partial charge in [-0.05, 0) is 86.6 Å². The molecule has 0 atom stereocenters. The Balaban J connectivity index is 1.15. The van der Waals surface area contributed by atoms with E-state index < -0.39 is 0 Å². The molecule has 5 rings (SSSR count). The van der Waals surface area contributed by atoms with Crippen LogP contribution >= 0.6 is 11.6 Å². The second-order valence-electron chi connectivity index (χ2n) is 11.6. The Morgan fingerprint density at radius 1 is 0.919 bits per heavy atom. The van der Waals surface area contributed by atoms with Crippen molar-refractivity contribution in [2.75, 3.05) is 45.2 Å². The lowest BCUT2D eigenvalue weighted by Crippen LogP contribution is -2.53. The van der Waals surface area contributed by atoms with Crippen molar-refractivity contribution in [2.24, 2.45) is 11.8 Å². The number of rotatable bonds is 5. The number of aryl methyl sites for hydroxylation is 1. The highest BCUT2D eigenvalue weighted by molar-refractivity contribution is 6.34. The number of anilines is 1. The minimum absolute atomic E-state index is 0.0674. The number of carbonyl (C=O) groups excluding carboxylic acids is 2. The van der Waals surface area contributed by atoms with E-state index in [1.54, 1.807) is 19.0 Å². The molecule has 0 unspecified atom stereocenters. The summed E-state index contributed by atoms with van der Waals surface area (Å²) in [5.41, 5.74) is 3.87. The van der Waals surface area contributed by atoms with Crippen molar-refractivity contribution in [2.45, 2.75) is 57.3 Å². The molecule has 6 heteroatoms. The van der Waals surface area contributed by atoms with Gasteiger partial charge in [-0.25, -0.2) is 0 Å². The molecule has 3 aliphatic rings. The van der Waals surface area contributed by atoms with Gasteiger partial charge in [0.05, 0.1) is 16.0 Å². The molecule has 0 bridgehead atoms. The van der Waals surface area contributed by atoms with Crippen molar-refractivity contribution in [1.82, 2.24) is 9.80 Å². The Labute approximate surface area is 226 Å². The standard InChI is InChI=1S/C31H40ClN3O2/c1-22-7-4-5-8-27(22)31(15-6-16-31)30(37)35-19-13-24(14-20-35)23-11-17-34(18-12-23)25-9-10-26(28(32)21-25)29(36)33(2)3/h4-5,7-10,21,23-24H,6,11-20H2,1-3H3. The molecular weight excluding hydrogens is 482 g/mol. The molecule has 1 saturated carbocycles. The number of piperidine rings is 2. The zero-order valence-corrected chi connectivity index (χ0v) is 23.3. The molecule has 1 aliphatic carbocycles. The van der Waals surface area contributed by atoms with Gasteiger partial charge in [-0.1, -0.05) is 42.3 Å². The van der Waals surface area contributed by atoms with Gasteiger partial charge in [-0.15, -0.1) is 0 Å². The maximum atomic E-state index is 13.8. The lowest BCUT2D eigenvalue weighted by molar-refractivity contribution is -0.142. The predicted molar refractivity (Wildman–Crippen MR) is 150 cm³/mol. The summed E-state index contributed by atoms with van der Waals surface area (Å²) in [5.74, 6) is 1.72. The minimum atomic E-state index is -0.280. The van der Waals surface area contributed by atoms with Crippen molar-refractivity contribution >= 4 is 29.1 Å². The summed E-state index contributed by atoms with van der Waals surface area (Å²) >= 11 is 6.47. The highest BCUT2D eigenvalue weighted by Gasteiger charge is 2.48. The largest absolute Gasteiger partial charge is 0.371 e. The van der Waals surface area contributed by atoms with Crippen molar-refractivity contribution in [3.05, 3.63) is 64.2 Å². The molecule has 2 heterocycles. The molecule has 5 nitrogen and oxygen atoms in total. The third-order valence-corrected chi connectivity index (χ3v) is 9.58. The number of halogens is 1. The average Bonchev–Trinajstić information content (AvgIpc) is 2.89. The SMILES string of the molecule is Cc1ccccc1C1(C(=O)N2CCC(C3CCN(c4ccc(C(=O)N(C)C)c(Cl)c4)CC3)CC2)CCC1. The van der Waals surface area contributed by atoms with Gasteiger partial charge in [-0.2, -0.15) is 0 Å². The van der Waals surface area contributed by atoms with Crippen LogP contribution in [0.4, 0.5) is 5.69 Å². The third kappa shape index (κ3) is 4.99. The van der Waals surface area contributed by atoms with E-state index in [2.05, 4.69) is 41.0 Å². The molecule has 2 saturated heterocycles. The molecule has 0 spiro atoms. The summed E-state index contributed by atoms with van der Waals surface area (Å²) in [6.07, 6.45) is 7.70. The Bertz CT molecular complexity index is 1140. The lowest BCUT2D eigenvalue weighted by Gasteiger charge is -2.47. The molecule has 2 amide bonds. The van der Waals surface area contributed by atoms with Gasteiger partial charge in [0.25, 0.3) is 5.91 Å². The normalized spacial score (nSPS) is 20.4. The topological polar surface area (TPSA) is 43.9 Å². The maximum Gasteiger partial charge on any atom is 0.254 e. The quantitative estimate of drug-likeness (QED) is 0.490. The van der Waals surface area contributed by atoms with E-state index in [0.29, 0.717) is 28.3 Å². The van der Waals surface area contributed by atoms with Crippen molar-refractivity contribution in [3.8, 4) is 0 Å². The van der Waals surface area contributed by atoms with Crippen LogP contribution in [-0.4, -0.2) is 61.9 Å². The maximum absolute atomic E-state index is 13.8. The molecule has 0 aromatic heterocycles. The van der Waals surface area contributed by atoms with E-state index in [0.717, 1.165) is 64.0 Å². The van der Waals surface area contributed by atoms with E-state index in [1.807, 2.05) is 18.2 Å². The molecule has 198 valence electrons. The number of hydrogen-bond donors (Lipinski definition) is 0. The summed E-state index contributed by atoms with van der Waals surface area (Å²) in [7, 11) is 3.49. The van der Waals surface area contributed by atoms with Gasteiger partial charge in [0.2, 0.25) is 5.91 Å². The molecular formula is C31H40ClN3O2. The fourth-order valence-corrected chi connectivity index (χ4v) is 7.11. The van der Waals surface area contributed by atoms with Crippen LogP contribution in [0.15, 0.2) is 42.5 Å². The minimum Gasteiger partial charge on any atom is -0.371 e. The van der Waals surface area contributed by atoms with E-state index in [4.69, 9.17) is 11.6 Å². The Hall–Kier alpha value is -2.53. The number of carbonyl (C=O) groups is 2. The summed E-state index contributed by atoms with van der Waals surface area (Å²) in [6, 6.07) is 14.3. The Morgan fingerprint density at radius 3 is 2.08 bits per heavy atom. The van der Waals surface area contributed by atoms with Crippen LogP contribution < -0.4 is 4.90 Å². The van der Waals surface area contributed by atoms with Crippen LogP contribution in [0.5, 0.6) is 0 Å². The summed E-state index contributed by atoms with van der Waals surface area (Å²) in [6.45, 7) is 5.96. The monoisotopic (exact) mass is 521 g/mol. The van der Waals surface area contributed by atoms with E-state index in [-0.39, 0.29) is 11.3 Å². The van der Waals surface area contributed by atoms with Gasteiger partial charge in [0, 0.05) is 46.0 Å². The molecule has 37 heavy (non-hydrogen) atoms. The average molecular weight is 522 g/mol. The van der Waals surface area contributed by atoms with Gasteiger partial charge < -0.3 is 14.7 Å². The first-order chi connectivity index (χ1) is 17.8. The number of benzene rings is 2. The van der Waals surface area contributed by atoms with Crippen LogP contribution in [0, 0.1) is 18.8 Å². The van der Waals surface area contributed by atoms with Gasteiger partial charge in [0.15, 0.2) is 0 Å². The van der Waals surface area contributed by atoms with Crippen molar-refractivity contribution < 1.29 is 9.59 Å². The van der Waals surface area contributed by atoms with Crippen LogP contribution in [0.3, 0.4) is 0 Å². The first-order valence-electron chi connectivity index (χ1n) is 13.9. The smallest absolute Gasteiger partial charge is 0.254 e. The van der Waals surface area contributed by atoms with E-state index in [9.17, 15) is 9.59 Å². The van der Waals surface area contributed by atoms with Crippen molar-refractivity contribution in [3.63, 3.8) is 0 Å². The van der Waals surface area contributed by atoms with Gasteiger partial charge >= 0.3 is 0 Å². The number of likely N-dealkylation sites (tertiary alicyclic amines) is 1. The fourth-order valence-electron chi connectivity index (χ4n) is 6.86. The highest BCUT2D eigenvalue weighted by atomic mass is 35.5. The molecule has 0 radical (unpaired) electrons.